The highest BCUT2D eigenvalue weighted by Crippen LogP contribution is 2.41. The van der Waals surface area contributed by atoms with E-state index in [0.717, 1.165) is 32.7 Å². The maximum atomic E-state index is 12.7. The summed E-state index contributed by atoms with van der Waals surface area (Å²) in [6.45, 7) is 3.92. The summed E-state index contributed by atoms with van der Waals surface area (Å²) in [5.41, 5.74) is 15.4. The van der Waals surface area contributed by atoms with Gasteiger partial charge in [0.15, 0.2) is 0 Å². The Morgan fingerprint density at radius 1 is 0.679 bits per heavy atom. The summed E-state index contributed by atoms with van der Waals surface area (Å²) >= 11 is 0. The molecule has 4 aromatic carbocycles. The Kier molecular flexibility index (Phi) is 4.62. The van der Waals surface area contributed by atoms with Crippen LogP contribution in [0.1, 0.15) is 11.1 Å². The molecular weight excluding hydrogens is 371 g/mol. The first-order valence-corrected chi connectivity index (χ1v) is 10.1. The van der Waals surface area contributed by atoms with Gasteiger partial charge in [0.2, 0.25) is 0 Å². The number of fused-ring (bicyclic) bond motifs is 2. The van der Waals surface area contributed by atoms with Gasteiger partial charge in [0.05, 0.1) is 0 Å². The van der Waals surface area contributed by atoms with Crippen molar-refractivity contribution in [2.24, 2.45) is 0 Å². The minimum atomic E-state index is -2.87. The summed E-state index contributed by atoms with van der Waals surface area (Å²) in [4.78, 5) is 0. The van der Waals surface area contributed by atoms with Crippen LogP contribution in [0.25, 0.3) is 21.5 Å². The molecule has 0 atom stereocenters. The van der Waals surface area contributed by atoms with Crippen LogP contribution >= 0.6 is 8.25 Å². The Bertz CT molecular complexity index is 1140. The number of hydrogen-bond donors (Lipinski definition) is 2. The van der Waals surface area contributed by atoms with Crippen molar-refractivity contribution in [2.45, 2.75) is 13.8 Å². The van der Waals surface area contributed by atoms with E-state index < -0.39 is 8.25 Å². The molecule has 28 heavy (non-hydrogen) atoms. The molecule has 0 heterocycles. The third-order valence-electron chi connectivity index (χ3n) is 4.88. The van der Waals surface area contributed by atoms with Crippen LogP contribution in [0.2, 0.25) is 0 Å². The number of nitrogen functional groups attached to an aromatic ring is 2. The summed E-state index contributed by atoms with van der Waals surface area (Å²) in [6.07, 6.45) is 0. The quantitative estimate of drug-likeness (QED) is 0.348. The van der Waals surface area contributed by atoms with Crippen LogP contribution in [0.3, 0.4) is 0 Å². The molecule has 0 saturated carbocycles. The molecule has 4 rings (SSSR count). The Hall–Kier alpha value is -3.17. The first-order chi connectivity index (χ1) is 13.5. The van der Waals surface area contributed by atoms with Gasteiger partial charge in [0.1, 0.15) is 11.5 Å². The van der Waals surface area contributed by atoms with Crippen molar-refractivity contribution in [3.8, 4) is 11.5 Å². The van der Waals surface area contributed by atoms with E-state index in [1.807, 2.05) is 50.2 Å². The number of nitrogens with two attached hydrogens (primary N) is 2. The van der Waals surface area contributed by atoms with Gasteiger partial charge in [0, 0.05) is 32.9 Å². The zero-order valence-corrected chi connectivity index (χ0v) is 16.7. The molecule has 0 fully saturated rings. The van der Waals surface area contributed by atoms with Crippen molar-refractivity contribution in [1.82, 2.24) is 0 Å². The van der Waals surface area contributed by atoms with Gasteiger partial charge < -0.3 is 20.5 Å². The molecule has 4 aromatic rings. The minimum absolute atomic E-state index is 0.489. The maximum absolute atomic E-state index is 12.7. The van der Waals surface area contributed by atoms with E-state index in [9.17, 15) is 4.57 Å². The number of anilines is 2. The lowest BCUT2D eigenvalue weighted by atomic mass is 10.0. The largest absolute Gasteiger partial charge is 0.419 e. The third-order valence-corrected chi connectivity index (χ3v) is 5.65. The van der Waals surface area contributed by atoms with Gasteiger partial charge in [0.25, 0.3) is 0 Å². The van der Waals surface area contributed by atoms with E-state index in [0.29, 0.717) is 22.9 Å². The van der Waals surface area contributed by atoms with Gasteiger partial charge in [-0.25, -0.2) is 4.57 Å². The lowest BCUT2D eigenvalue weighted by Gasteiger charge is -2.15. The van der Waals surface area contributed by atoms with Gasteiger partial charge in [-0.3, -0.25) is 0 Å². The zero-order valence-electron chi connectivity index (χ0n) is 15.7. The molecule has 0 aromatic heterocycles. The average molecular weight is 392 g/mol. The van der Waals surface area contributed by atoms with Crippen LogP contribution in [0.5, 0.6) is 11.5 Å². The predicted octanol–water partition coefficient (Wildman–Crippen LogP) is 5.62. The standard InChI is InChI=1S/C22H21N2O3P/c1-13-5-3-7-15-17(23)9-11-19(21(13)15)26-28(25)27-20-12-10-18(24)16-8-4-6-14(2)22(16)20/h3-12,28H,23-24H2,1-2H3. The van der Waals surface area contributed by atoms with Crippen LogP contribution < -0.4 is 20.5 Å². The summed E-state index contributed by atoms with van der Waals surface area (Å²) in [5.74, 6) is 0.977. The van der Waals surface area contributed by atoms with Crippen LogP contribution in [0.4, 0.5) is 11.4 Å². The second-order valence-corrected chi connectivity index (χ2v) is 7.66. The highest BCUT2D eigenvalue weighted by atomic mass is 31.1. The second kappa shape index (κ2) is 7.10. The summed E-state index contributed by atoms with van der Waals surface area (Å²) in [6, 6.07) is 18.6. The lowest BCUT2D eigenvalue weighted by Crippen LogP contribution is -1.95. The summed E-state index contributed by atoms with van der Waals surface area (Å²) in [7, 11) is -2.87. The fraction of sp³-hybridized carbons (Fsp3) is 0.0909. The Labute approximate surface area is 163 Å². The molecule has 0 aliphatic carbocycles. The molecule has 0 spiro atoms. The van der Waals surface area contributed by atoms with Crippen molar-refractivity contribution in [3.05, 3.63) is 71.8 Å². The van der Waals surface area contributed by atoms with E-state index in [2.05, 4.69) is 0 Å². The normalized spacial score (nSPS) is 11.2. The van der Waals surface area contributed by atoms with E-state index in [1.165, 1.54) is 0 Å². The summed E-state index contributed by atoms with van der Waals surface area (Å²) < 4.78 is 24.2. The first kappa shape index (κ1) is 18.2. The van der Waals surface area contributed by atoms with Crippen molar-refractivity contribution >= 4 is 41.2 Å². The summed E-state index contributed by atoms with van der Waals surface area (Å²) in [5, 5.41) is 3.40. The van der Waals surface area contributed by atoms with Crippen LogP contribution in [-0.2, 0) is 4.57 Å². The molecule has 0 aliphatic rings. The minimum Gasteiger partial charge on any atom is -0.417 e. The van der Waals surface area contributed by atoms with Gasteiger partial charge in [-0.1, -0.05) is 36.4 Å². The molecule has 0 bridgehead atoms. The Morgan fingerprint density at radius 3 is 1.54 bits per heavy atom. The van der Waals surface area contributed by atoms with Crippen molar-refractivity contribution in [3.63, 3.8) is 0 Å². The molecule has 142 valence electrons. The SMILES string of the molecule is Cc1cccc2c(N)ccc(O[PH](=O)Oc3ccc(N)c4cccc(C)c34)c12. The van der Waals surface area contributed by atoms with Crippen molar-refractivity contribution in [1.29, 1.82) is 0 Å². The molecule has 0 unspecified atom stereocenters. The van der Waals surface area contributed by atoms with Gasteiger partial charge in [-0.05, 0) is 49.2 Å². The number of hydrogen-bond acceptors (Lipinski definition) is 5. The van der Waals surface area contributed by atoms with Crippen molar-refractivity contribution < 1.29 is 13.6 Å². The predicted molar refractivity (Wildman–Crippen MR) is 116 cm³/mol. The van der Waals surface area contributed by atoms with E-state index in [4.69, 9.17) is 20.5 Å². The fourth-order valence-electron chi connectivity index (χ4n) is 3.52. The van der Waals surface area contributed by atoms with Crippen LogP contribution in [0, 0.1) is 13.8 Å². The van der Waals surface area contributed by atoms with E-state index >= 15 is 0 Å². The molecule has 0 aliphatic heterocycles. The van der Waals surface area contributed by atoms with E-state index in [-0.39, 0.29) is 0 Å². The third kappa shape index (κ3) is 3.14. The van der Waals surface area contributed by atoms with Gasteiger partial charge >= 0.3 is 8.25 Å². The molecule has 4 N–H and O–H groups in total. The number of benzene rings is 4. The molecule has 6 heteroatoms. The van der Waals surface area contributed by atoms with Crippen LogP contribution in [-0.4, -0.2) is 0 Å². The molecule has 0 radical (unpaired) electrons. The first-order valence-electron chi connectivity index (χ1n) is 8.91. The highest BCUT2D eigenvalue weighted by molar-refractivity contribution is 7.34. The average Bonchev–Trinajstić information content (AvgIpc) is 2.67. The Balaban J connectivity index is 1.71. The lowest BCUT2D eigenvalue weighted by molar-refractivity contribution is 0.419. The molecule has 0 amide bonds. The number of rotatable bonds is 4. The molecular formula is C22H21N2O3P. The monoisotopic (exact) mass is 392 g/mol. The topological polar surface area (TPSA) is 87.6 Å². The second-order valence-electron chi connectivity index (χ2n) is 6.75. The van der Waals surface area contributed by atoms with Gasteiger partial charge in [-0.2, -0.15) is 0 Å². The fourth-order valence-corrected chi connectivity index (χ4v) is 4.26. The zero-order chi connectivity index (χ0) is 19.8. The Morgan fingerprint density at radius 2 is 1.11 bits per heavy atom. The number of aryl methyl sites for hydroxylation is 2. The van der Waals surface area contributed by atoms with Gasteiger partial charge in [-0.15, -0.1) is 0 Å². The molecule has 5 nitrogen and oxygen atoms in total. The van der Waals surface area contributed by atoms with Crippen LogP contribution in [0.15, 0.2) is 60.7 Å². The molecule has 0 saturated heterocycles. The van der Waals surface area contributed by atoms with Crippen molar-refractivity contribution in [2.75, 3.05) is 11.5 Å². The maximum Gasteiger partial charge on any atom is 0.419 e. The van der Waals surface area contributed by atoms with E-state index in [1.54, 1.807) is 24.3 Å². The highest BCUT2D eigenvalue weighted by Gasteiger charge is 2.14. The smallest absolute Gasteiger partial charge is 0.417 e.